The average Bonchev–Trinajstić information content (AvgIpc) is 2.90. The molecule has 1 atom stereocenters. The molecule has 0 aliphatic heterocycles. The lowest BCUT2D eigenvalue weighted by atomic mass is 10.0. The summed E-state index contributed by atoms with van der Waals surface area (Å²) in [5.74, 6) is 0.436. The molecule has 1 aromatic heterocycles. The number of nitrogens with zero attached hydrogens (tertiary/aromatic N) is 3. The van der Waals surface area contributed by atoms with E-state index in [1.54, 1.807) is 36.5 Å². The van der Waals surface area contributed by atoms with E-state index in [0.717, 1.165) is 11.3 Å². The number of alkyl halides is 3. The molecule has 0 amide bonds. The summed E-state index contributed by atoms with van der Waals surface area (Å²) in [4.78, 5) is 23.1. The molecule has 1 heterocycles. The van der Waals surface area contributed by atoms with Gasteiger partial charge in [-0.25, -0.2) is 9.19 Å². The molecule has 0 aliphatic carbocycles. The number of hydrogen-bond donors (Lipinski definition) is 3. The number of ether oxygens (including phenoxy) is 1. The van der Waals surface area contributed by atoms with E-state index in [9.17, 15) is 22.2 Å². The number of para-hydroxylation sites is 2. The molecule has 4 rings (SSSR count). The maximum absolute atomic E-state index is 12.5. The average molecular weight is 572 g/mol. The molecule has 4 aromatic rings. The second-order valence-electron chi connectivity index (χ2n) is 8.57. The Bertz CT molecular complexity index is 1490. The lowest BCUT2D eigenvalue weighted by Crippen LogP contribution is -2.17. The molecule has 0 radical (unpaired) electrons. The fourth-order valence-corrected chi connectivity index (χ4v) is 4.15. The number of hydrogen-bond acceptors (Lipinski definition) is 7. The summed E-state index contributed by atoms with van der Waals surface area (Å²) in [6.45, 7) is 0. The SMILES string of the molecule is CN(c1ccc(CC(=O)Cc2ccc(OC(F)(F)F)cc2)cc1)c1ccnc(Nc2ccccc2NS(=O)O)n1. The third-order valence-electron chi connectivity index (χ3n) is 5.64. The maximum atomic E-state index is 12.5. The Hall–Kier alpha value is -4.49. The fraction of sp³-hybridized carbons (Fsp3) is 0.148. The standard InChI is InChI=1S/C27H24F3N5O4S/c1-35(25-14-15-31-26(33-25)32-23-4-2-3-5-24(23)34-40(37)38)20-10-6-18(7-11-20)16-21(36)17-19-8-12-22(13-9-19)39-27(28,29)30/h2-15,34H,16-17H2,1H3,(H,37,38)(H,31,32,33). The third-order valence-corrected chi connectivity index (χ3v) is 6.03. The van der Waals surface area contributed by atoms with Crippen molar-refractivity contribution in [2.45, 2.75) is 19.2 Å². The highest BCUT2D eigenvalue weighted by molar-refractivity contribution is 7.80. The van der Waals surface area contributed by atoms with Crippen molar-refractivity contribution in [3.05, 3.63) is 96.2 Å². The molecule has 0 aliphatic rings. The predicted molar refractivity (Wildman–Crippen MR) is 146 cm³/mol. The van der Waals surface area contributed by atoms with Gasteiger partial charge in [0.2, 0.25) is 5.95 Å². The van der Waals surface area contributed by atoms with Gasteiger partial charge < -0.3 is 15.0 Å². The monoisotopic (exact) mass is 571 g/mol. The van der Waals surface area contributed by atoms with Crippen LogP contribution in [-0.2, 0) is 28.9 Å². The quantitative estimate of drug-likeness (QED) is 0.194. The van der Waals surface area contributed by atoms with Crippen molar-refractivity contribution in [3.8, 4) is 5.75 Å². The van der Waals surface area contributed by atoms with Gasteiger partial charge in [-0.1, -0.05) is 36.4 Å². The zero-order chi connectivity index (χ0) is 28.7. The van der Waals surface area contributed by atoms with Gasteiger partial charge in [0.1, 0.15) is 17.4 Å². The summed E-state index contributed by atoms with van der Waals surface area (Å²) in [7, 11) is 1.82. The van der Waals surface area contributed by atoms with Crippen LogP contribution in [0.1, 0.15) is 11.1 Å². The number of anilines is 5. The molecular formula is C27H24F3N5O4S. The minimum absolute atomic E-state index is 0.0809. The molecular weight excluding hydrogens is 547 g/mol. The first-order chi connectivity index (χ1) is 19.1. The van der Waals surface area contributed by atoms with Crippen LogP contribution in [0.2, 0.25) is 0 Å². The van der Waals surface area contributed by atoms with Gasteiger partial charge >= 0.3 is 6.36 Å². The van der Waals surface area contributed by atoms with Crippen molar-refractivity contribution in [2.75, 3.05) is 22.0 Å². The molecule has 0 bridgehead atoms. The molecule has 40 heavy (non-hydrogen) atoms. The van der Waals surface area contributed by atoms with E-state index >= 15 is 0 Å². The van der Waals surface area contributed by atoms with E-state index in [-0.39, 0.29) is 30.3 Å². The fourth-order valence-electron chi connectivity index (χ4n) is 3.79. The Morgan fingerprint density at radius 1 is 0.950 bits per heavy atom. The number of ketones is 1. The lowest BCUT2D eigenvalue weighted by Gasteiger charge is -2.19. The lowest BCUT2D eigenvalue weighted by molar-refractivity contribution is -0.274. The topological polar surface area (TPSA) is 117 Å². The summed E-state index contributed by atoms with van der Waals surface area (Å²) in [6, 6.07) is 21.1. The second-order valence-corrected chi connectivity index (χ2v) is 9.27. The first kappa shape index (κ1) is 28.5. The van der Waals surface area contributed by atoms with Gasteiger partial charge in [0, 0.05) is 31.8 Å². The number of carbonyl (C=O) groups excluding carboxylic acids is 1. The predicted octanol–water partition coefficient (Wildman–Crippen LogP) is 5.79. The Labute approximate surface area is 230 Å². The number of nitrogens with one attached hydrogen (secondary N) is 2. The molecule has 0 fully saturated rings. The summed E-state index contributed by atoms with van der Waals surface area (Å²) in [5, 5.41) is 3.04. The number of aromatic nitrogens is 2. The highest BCUT2D eigenvalue weighted by Gasteiger charge is 2.31. The van der Waals surface area contributed by atoms with Crippen LogP contribution < -0.4 is 19.7 Å². The van der Waals surface area contributed by atoms with Crippen LogP contribution in [0.25, 0.3) is 0 Å². The van der Waals surface area contributed by atoms with Crippen LogP contribution in [0.5, 0.6) is 5.75 Å². The van der Waals surface area contributed by atoms with Crippen LogP contribution >= 0.6 is 0 Å². The van der Waals surface area contributed by atoms with Gasteiger partial charge in [0.25, 0.3) is 11.3 Å². The van der Waals surface area contributed by atoms with Crippen LogP contribution in [0.4, 0.5) is 42.0 Å². The van der Waals surface area contributed by atoms with Crippen molar-refractivity contribution < 1.29 is 31.5 Å². The molecule has 3 N–H and O–H groups in total. The highest BCUT2D eigenvalue weighted by Crippen LogP contribution is 2.27. The summed E-state index contributed by atoms with van der Waals surface area (Å²) in [5.41, 5.74) is 3.10. The van der Waals surface area contributed by atoms with Gasteiger partial charge in [-0.15, -0.1) is 13.2 Å². The summed E-state index contributed by atoms with van der Waals surface area (Å²) < 4.78 is 63.5. The van der Waals surface area contributed by atoms with Crippen molar-refractivity contribution >= 4 is 45.9 Å². The first-order valence-corrected chi connectivity index (χ1v) is 12.9. The smallest absolute Gasteiger partial charge is 0.406 e. The van der Waals surface area contributed by atoms with E-state index in [0.29, 0.717) is 22.8 Å². The zero-order valence-corrected chi connectivity index (χ0v) is 21.9. The largest absolute Gasteiger partial charge is 0.573 e. The van der Waals surface area contributed by atoms with E-state index < -0.39 is 17.6 Å². The Kier molecular flexibility index (Phi) is 8.97. The number of carbonyl (C=O) groups is 1. The highest BCUT2D eigenvalue weighted by atomic mass is 32.2. The molecule has 0 saturated carbocycles. The Balaban J connectivity index is 1.37. The number of rotatable bonds is 11. The summed E-state index contributed by atoms with van der Waals surface area (Å²) >= 11 is -2.24. The minimum Gasteiger partial charge on any atom is -0.406 e. The summed E-state index contributed by atoms with van der Waals surface area (Å²) in [6.07, 6.45) is -2.94. The van der Waals surface area contributed by atoms with Crippen molar-refractivity contribution in [2.24, 2.45) is 0 Å². The Morgan fingerprint density at radius 2 is 1.55 bits per heavy atom. The minimum atomic E-state index is -4.77. The van der Waals surface area contributed by atoms with Crippen LogP contribution in [0, 0.1) is 0 Å². The van der Waals surface area contributed by atoms with E-state index in [1.807, 2.05) is 36.2 Å². The third kappa shape index (κ3) is 8.25. The van der Waals surface area contributed by atoms with Crippen LogP contribution in [-0.4, -0.2) is 37.9 Å². The Morgan fingerprint density at radius 3 is 2.15 bits per heavy atom. The van der Waals surface area contributed by atoms with Gasteiger partial charge in [-0.05, 0) is 53.6 Å². The van der Waals surface area contributed by atoms with E-state index in [2.05, 4.69) is 24.7 Å². The van der Waals surface area contributed by atoms with Gasteiger partial charge in [0.05, 0.1) is 11.4 Å². The van der Waals surface area contributed by atoms with Crippen molar-refractivity contribution in [1.82, 2.24) is 9.97 Å². The molecule has 3 aromatic carbocycles. The van der Waals surface area contributed by atoms with Crippen molar-refractivity contribution in [3.63, 3.8) is 0 Å². The van der Waals surface area contributed by atoms with E-state index in [1.165, 1.54) is 24.3 Å². The first-order valence-electron chi connectivity index (χ1n) is 11.8. The van der Waals surface area contributed by atoms with E-state index in [4.69, 9.17) is 4.55 Å². The maximum Gasteiger partial charge on any atom is 0.573 e. The zero-order valence-electron chi connectivity index (χ0n) is 21.1. The molecule has 1 unspecified atom stereocenters. The number of Topliss-reactive ketones (excluding diaryl/α,β-unsaturated/α-hetero) is 1. The van der Waals surface area contributed by atoms with Crippen LogP contribution in [0.3, 0.4) is 0 Å². The van der Waals surface area contributed by atoms with Crippen molar-refractivity contribution in [1.29, 1.82) is 0 Å². The van der Waals surface area contributed by atoms with Gasteiger partial charge in [0.15, 0.2) is 0 Å². The number of benzene rings is 3. The normalized spacial score (nSPS) is 11.9. The molecule has 0 saturated heterocycles. The van der Waals surface area contributed by atoms with Gasteiger partial charge in [-0.2, -0.15) is 4.98 Å². The van der Waals surface area contributed by atoms with Crippen LogP contribution in [0.15, 0.2) is 85.1 Å². The molecule has 208 valence electrons. The number of halogens is 3. The van der Waals surface area contributed by atoms with Gasteiger partial charge in [-0.3, -0.25) is 14.1 Å². The molecule has 13 heteroatoms. The molecule has 9 nitrogen and oxygen atoms in total. The second kappa shape index (κ2) is 12.6. The molecule has 0 spiro atoms.